The zero-order chi connectivity index (χ0) is 16.8. The second-order valence-electron chi connectivity index (χ2n) is 4.90. The van der Waals surface area contributed by atoms with Crippen molar-refractivity contribution in [3.05, 3.63) is 45.8 Å². The van der Waals surface area contributed by atoms with Crippen molar-refractivity contribution in [1.82, 2.24) is 0 Å². The molecule has 1 aromatic carbocycles. The zero-order valence-electron chi connectivity index (χ0n) is 12.7. The first-order valence-corrected chi connectivity index (χ1v) is 8.43. The third kappa shape index (κ3) is 4.45. The fourth-order valence-corrected chi connectivity index (χ4v) is 3.63. The second-order valence-corrected chi connectivity index (χ2v) is 6.38. The lowest BCUT2D eigenvalue weighted by atomic mass is 10.2. The number of rotatable bonds is 7. The minimum absolute atomic E-state index is 0.148. The Hall–Kier alpha value is -1.60. The molecule has 0 saturated carbocycles. The van der Waals surface area contributed by atoms with Crippen LogP contribution in [0.4, 0.5) is 10.7 Å². The number of hydrogen-bond acceptors (Lipinski definition) is 6. The van der Waals surface area contributed by atoms with Crippen molar-refractivity contribution >= 4 is 39.6 Å². The molecule has 2 rings (SSSR count). The number of aliphatic hydroxyl groups is 1. The number of hydrogen-bond donors (Lipinski definition) is 3. The normalized spacial score (nSPS) is 12.0. The number of esters is 1. The molecule has 1 heterocycles. The first-order chi connectivity index (χ1) is 11.1. The molecule has 7 heteroatoms. The summed E-state index contributed by atoms with van der Waals surface area (Å²) in [5.74, 6) is -0.476. The fourth-order valence-electron chi connectivity index (χ4n) is 2.02. The quantitative estimate of drug-likeness (QED) is 0.665. The lowest BCUT2D eigenvalue weighted by molar-refractivity contribution is 0.0528. The molecule has 5 nitrogen and oxygen atoms in total. The third-order valence-corrected chi connectivity index (χ3v) is 4.77. The van der Waals surface area contributed by atoms with E-state index in [1.54, 1.807) is 6.92 Å². The molecule has 0 fully saturated rings. The number of aliphatic hydroxyl groups excluding tert-OH is 1. The van der Waals surface area contributed by atoms with Crippen molar-refractivity contribution < 1.29 is 14.6 Å². The molecule has 124 valence electrons. The Balaban J connectivity index is 2.37. The minimum atomic E-state index is -0.476. The van der Waals surface area contributed by atoms with Gasteiger partial charge < -0.3 is 20.9 Å². The van der Waals surface area contributed by atoms with Crippen LogP contribution in [0.25, 0.3) is 0 Å². The number of nitrogens with two attached hydrogens (primary N) is 1. The van der Waals surface area contributed by atoms with Crippen molar-refractivity contribution in [3.8, 4) is 0 Å². The maximum Gasteiger partial charge on any atom is 0.342 e. The van der Waals surface area contributed by atoms with Gasteiger partial charge in [-0.25, -0.2) is 4.79 Å². The summed E-state index contributed by atoms with van der Waals surface area (Å²) in [4.78, 5) is 13.0. The average Bonchev–Trinajstić information content (AvgIpc) is 2.84. The Kier molecular flexibility index (Phi) is 6.41. The first-order valence-electron chi connectivity index (χ1n) is 7.23. The van der Waals surface area contributed by atoms with Gasteiger partial charge in [-0.15, -0.1) is 11.3 Å². The molecule has 1 unspecified atom stereocenters. The highest BCUT2D eigenvalue weighted by atomic mass is 35.5. The van der Waals surface area contributed by atoms with E-state index in [1.807, 2.05) is 30.3 Å². The molecule has 0 bridgehead atoms. The summed E-state index contributed by atoms with van der Waals surface area (Å²) in [6, 6.07) is 9.05. The van der Waals surface area contributed by atoms with Gasteiger partial charge in [0.05, 0.1) is 18.2 Å². The number of halogens is 1. The molecule has 0 aliphatic rings. The van der Waals surface area contributed by atoms with E-state index in [2.05, 4.69) is 5.32 Å². The van der Waals surface area contributed by atoms with Gasteiger partial charge in [-0.05, 0) is 19.1 Å². The monoisotopic (exact) mass is 354 g/mol. The molecule has 0 spiro atoms. The van der Waals surface area contributed by atoms with Crippen molar-refractivity contribution in [2.75, 3.05) is 18.5 Å². The lowest BCUT2D eigenvalue weighted by Gasteiger charge is -2.07. The van der Waals surface area contributed by atoms with Gasteiger partial charge in [-0.3, -0.25) is 0 Å². The number of thiophene rings is 1. The van der Waals surface area contributed by atoms with Crippen molar-refractivity contribution in [2.24, 2.45) is 5.73 Å². The zero-order valence-corrected chi connectivity index (χ0v) is 14.3. The van der Waals surface area contributed by atoms with Crippen molar-refractivity contribution in [2.45, 2.75) is 19.4 Å². The maximum atomic E-state index is 12.2. The highest BCUT2D eigenvalue weighted by molar-refractivity contribution is 7.17. The Morgan fingerprint density at radius 2 is 2.13 bits per heavy atom. The SMILES string of the molecule is CCOC(=O)c1c(Nc2ccccc2)sc(CC(N)CO)c1Cl. The van der Waals surface area contributed by atoms with Gasteiger partial charge in [0.15, 0.2) is 0 Å². The van der Waals surface area contributed by atoms with Gasteiger partial charge in [0, 0.05) is 23.0 Å². The predicted octanol–water partition coefficient (Wildman–Crippen LogP) is 3.18. The van der Waals surface area contributed by atoms with Crippen LogP contribution in [0.3, 0.4) is 0 Å². The van der Waals surface area contributed by atoms with Crippen LogP contribution in [0.2, 0.25) is 5.02 Å². The Bertz CT molecular complexity index is 661. The molecule has 0 radical (unpaired) electrons. The molecule has 0 saturated heterocycles. The molecule has 23 heavy (non-hydrogen) atoms. The predicted molar refractivity (Wildman–Crippen MR) is 93.8 cm³/mol. The molecule has 0 amide bonds. The van der Waals surface area contributed by atoms with Gasteiger partial charge in [0.25, 0.3) is 0 Å². The summed E-state index contributed by atoms with van der Waals surface area (Å²) >= 11 is 7.70. The molecule has 1 atom stereocenters. The van der Waals surface area contributed by atoms with Crippen molar-refractivity contribution in [1.29, 1.82) is 0 Å². The Morgan fingerprint density at radius 1 is 1.43 bits per heavy atom. The summed E-state index contributed by atoms with van der Waals surface area (Å²) in [5.41, 5.74) is 6.93. The average molecular weight is 355 g/mol. The standard InChI is InChI=1S/C16H19ClN2O3S/c1-2-22-16(21)13-14(17)12(8-10(18)9-20)23-15(13)19-11-6-4-3-5-7-11/h3-7,10,19-20H,2,8-9,18H2,1H3. The van der Waals surface area contributed by atoms with Crippen molar-refractivity contribution in [3.63, 3.8) is 0 Å². The largest absolute Gasteiger partial charge is 0.462 e. The Labute approximate surface area is 144 Å². The molecular weight excluding hydrogens is 336 g/mol. The smallest absolute Gasteiger partial charge is 0.342 e. The van der Waals surface area contributed by atoms with Crippen LogP contribution in [-0.2, 0) is 11.2 Å². The van der Waals surface area contributed by atoms with E-state index in [1.165, 1.54) is 11.3 Å². The van der Waals surface area contributed by atoms with Gasteiger partial charge in [0.2, 0.25) is 0 Å². The molecular formula is C16H19ClN2O3S. The lowest BCUT2D eigenvalue weighted by Crippen LogP contribution is -2.26. The number of anilines is 2. The van der Waals surface area contributed by atoms with Gasteiger partial charge in [-0.1, -0.05) is 29.8 Å². The number of ether oxygens (including phenoxy) is 1. The van der Waals surface area contributed by atoms with Crippen LogP contribution < -0.4 is 11.1 Å². The highest BCUT2D eigenvalue weighted by Crippen LogP contribution is 2.39. The number of carbonyl (C=O) groups excluding carboxylic acids is 1. The number of carbonyl (C=O) groups is 1. The van der Waals surface area contributed by atoms with E-state index in [9.17, 15) is 4.79 Å². The van der Waals surface area contributed by atoms with E-state index in [4.69, 9.17) is 27.2 Å². The highest BCUT2D eigenvalue weighted by Gasteiger charge is 2.24. The summed E-state index contributed by atoms with van der Waals surface area (Å²) in [6.07, 6.45) is 0.392. The topological polar surface area (TPSA) is 84.6 Å². The van der Waals surface area contributed by atoms with Gasteiger partial charge in [0.1, 0.15) is 10.6 Å². The van der Waals surface area contributed by atoms with Crippen LogP contribution in [0.5, 0.6) is 0 Å². The summed E-state index contributed by atoms with van der Waals surface area (Å²) in [5, 5.41) is 13.3. The summed E-state index contributed by atoms with van der Waals surface area (Å²) in [7, 11) is 0. The van der Waals surface area contributed by atoms with Gasteiger partial charge in [-0.2, -0.15) is 0 Å². The number of nitrogens with one attached hydrogen (secondary N) is 1. The van der Waals surface area contributed by atoms with Crippen LogP contribution in [-0.4, -0.2) is 30.3 Å². The molecule has 0 aliphatic carbocycles. The van der Waals surface area contributed by atoms with Crippen LogP contribution in [0, 0.1) is 0 Å². The molecule has 1 aromatic heterocycles. The van der Waals surface area contributed by atoms with E-state index < -0.39 is 12.0 Å². The van der Waals surface area contributed by atoms with E-state index in [-0.39, 0.29) is 13.2 Å². The summed E-state index contributed by atoms with van der Waals surface area (Å²) < 4.78 is 5.09. The molecule has 2 aromatic rings. The fraction of sp³-hybridized carbons (Fsp3) is 0.312. The maximum absolute atomic E-state index is 12.2. The molecule has 0 aliphatic heterocycles. The van der Waals surface area contributed by atoms with Crippen LogP contribution >= 0.6 is 22.9 Å². The van der Waals surface area contributed by atoms with E-state index in [0.29, 0.717) is 22.0 Å². The van der Waals surface area contributed by atoms with Crippen LogP contribution in [0.1, 0.15) is 22.2 Å². The minimum Gasteiger partial charge on any atom is -0.462 e. The van der Waals surface area contributed by atoms with E-state index in [0.717, 1.165) is 10.6 Å². The van der Waals surface area contributed by atoms with Gasteiger partial charge >= 0.3 is 5.97 Å². The van der Waals surface area contributed by atoms with E-state index >= 15 is 0 Å². The third-order valence-electron chi connectivity index (χ3n) is 3.11. The number of benzene rings is 1. The number of para-hydroxylation sites is 1. The Morgan fingerprint density at radius 3 is 2.74 bits per heavy atom. The summed E-state index contributed by atoms with van der Waals surface area (Å²) in [6.45, 7) is 1.86. The second kappa shape index (κ2) is 8.31. The first kappa shape index (κ1) is 17.7. The van der Waals surface area contributed by atoms with Crippen LogP contribution in [0.15, 0.2) is 30.3 Å². The molecule has 4 N–H and O–H groups in total.